The highest BCUT2D eigenvalue weighted by Crippen LogP contribution is 2.36. The molecule has 4 nitrogen and oxygen atoms in total. The van der Waals surface area contributed by atoms with Gasteiger partial charge >= 0.3 is 0 Å². The Morgan fingerprint density at radius 2 is 1.80 bits per heavy atom. The monoisotopic (exact) mass is 298 g/mol. The molecule has 1 aliphatic carbocycles. The average Bonchev–Trinajstić information content (AvgIpc) is 2.85. The quantitative estimate of drug-likeness (QED) is 0.849. The van der Waals surface area contributed by atoms with Crippen LogP contribution in [0.15, 0.2) is 29.2 Å². The maximum Gasteiger partial charge on any atom is 0.296 e. The minimum absolute atomic E-state index is 0.0205. The van der Waals surface area contributed by atoms with E-state index in [4.69, 9.17) is 4.18 Å². The molecule has 0 amide bonds. The minimum atomic E-state index is -3.74. The van der Waals surface area contributed by atoms with Crippen molar-refractivity contribution in [2.75, 3.05) is 6.61 Å². The molecule has 0 saturated heterocycles. The van der Waals surface area contributed by atoms with Crippen LogP contribution in [0, 0.1) is 12.8 Å². The standard InChI is InChI=1S/C15H22O4S/c1-12-5-7-14(8-6-12)20(17,18)19-11-13(2)15(16)9-3-4-10-15/h5-8,13,16H,3-4,9-11H2,1-2H3. The van der Waals surface area contributed by atoms with E-state index in [-0.39, 0.29) is 17.4 Å². The summed E-state index contributed by atoms with van der Waals surface area (Å²) < 4.78 is 29.2. The molecule has 1 unspecified atom stereocenters. The Labute approximate surface area is 120 Å². The summed E-state index contributed by atoms with van der Waals surface area (Å²) in [5, 5.41) is 10.4. The molecule has 1 N–H and O–H groups in total. The van der Waals surface area contributed by atoms with Crippen molar-refractivity contribution < 1.29 is 17.7 Å². The van der Waals surface area contributed by atoms with Crippen LogP contribution in [0.3, 0.4) is 0 Å². The SMILES string of the molecule is Cc1ccc(S(=O)(=O)OCC(C)C2(O)CCCC2)cc1. The number of benzene rings is 1. The maximum atomic E-state index is 12.1. The van der Waals surface area contributed by atoms with Crippen molar-refractivity contribution in [3.8, 4) is 0 Å². The van der Waals surface area contributed by atoms with Crippen LogP contribution in [0.25, 0.3) is 0 Å². The topological polar surface area (TPSA) is 63.6 Å². The second-order valence-electron chi connectivity index (χ2n) is 5.76. The fraction of sp³-hybridized carbons (Fsp3) is 0.600. The number of hydrogen-bond acceptors (Lipinski definition) is 4. The lowest BCUT2D eigenvalue weighted by molar-refractivity contribution is -0.0210. The van der Waals surface area contributed by atoms with Crippen LogP contribution >= 0.6 is 0 Å². The Morgan fingerprint density at radius 3 is 2.35 bits per heavy atom. The van der Waals surface area contributed by atoms with E-state index in [9.17, 15) is 13.5 Å². The molecule has 1 atom stereocenters. The molecular formula is C15H22O4S. The van der Waals surface area contributed by atoms with Gasteiger partial charge in [0.15, 0.2) is 0 Å². The maximum absolute atomic E-state index is 12.1. The molecule has 0 bridgehead atoms. The number of aryl methyl sites for hydroxylation is 1. The Morgan fingerprint density at radius 1 is 1.25 bits per heavy atom. The Kier molecular flexibility index (Phi) is 4.52. The molecular weight excluding hydrogens is 276 g/mol. The molecule has 1 aromatic rings. The van der Waals surface area contributed by atoms with Gasteiger partial charge in [0, 0.05) is 5.92 Å². The van der Waals surface area contributed by atoms with E-state index in [0.29, 0.717) is 0 Å². The van der Waals surface area contributed by atoms with E-state index in [0.717, 1.165) is 31.2 Å². The van der Waals surface area contributed by atoms with Crippen LogP contribution in [0.4, 0.5) is 0 Å². The fourth-order valence-corrected chi connectivity index (χ4v) is 3.59. The highest BCUT2D eigenvalue weighted by atomic mass is 32.2. The van der Waals surface area contributed by atoms with Crippen molar-refractivity contribution in [2.45, 2.75) is 50.0 Å². The summed E-state index contributed by atoms with van der Waals surface area (Å²) in [7, 11) is -3.74. The normalized spacial score (nSPS) is 19.9. The van der Waals surface area contributed by atoms with E-state index >= 15 is 0 Å². The first-order chi connectivity index (χ1) is 9.33. The zero-order valence-corrected chi connectivity index (χ0v) is 12.8. The molecule has 2 rings (SSSR count). The van der Waals surface area contributed by atoms with Crippen LogP contribution in [-0.2, 0) is 14.3 Å². The summed E-state index contributed by atoms with van der Waals surface area (Å²) in [5.74, 6) is -0.190. The van der Waals surface area contributed by atoms with Gasteiger partial charge < -0.3 is 5.11 Å². The van der Waals surface area contributed by atoms with Gasteiger partial charge in [-0.2, -0.15) is 8.42 Å². The summed E-state index contributed by atoms with van der Waals surface area (Å²) in [6, 6.07) is 6.56. The highest BCUT2D eigenvalue weighted by molar-refractivity contribution is 7.86. The van der Waals surface area contributed by atoms with Gasteiger partial charge in [-0.3, -0.25) is 4.18 Å². The van der Waals surface area contributed by atoms with Crippen molar-refractivity contribution in [2.24, 2.45) is 5.92 Å². The first-order valence-corrected chi connectivity index (χ1v) is 8.43. The Hall–Kier alpha value is -0.910. The molecule has 0 radical (unpaired) electrons. The summed E-state index contributed by atoms with van der Waals surface area (Å²) in [4.78, 5) is 0.161. The first-order valence-electron chi connectivity index (χ1n) is 7.02. The van der Waals surface area contributed by atoms with Gasteiger partial charge in [-0.25, -0.2) is 0 Å². The minimum Gasteiger partial charge on any atom is -0.390 e. The second-order valence-corrected chi connectivity index (χ2v) is 7.38. The highest BCUT2D eigenvalue weighted by Gasteiger charge is 2.37. The Bertz CT molecular complexity index is 542. The molecule has 5 heteroatoms. The third kappa shape index (κ3) is 3.40. The molecule has 1 fully saturated rings. The van der Waals surface area contributed by atoms with Crippen molar-refractivity contribution in [1.29, 1.82) is 0 Å². The molecule has 0 heterocycles. The lowest BCUT2D eigenvalue weighted by Gasteiger charge is -2.29. The zero-order chi connectivity index (χ0) is 14.8. The molecule has 1 saturated carbocycles. The molecule has 0 aromatic heterocycles. The average molecular weight is 298 g/mol. The van der Waals surface area contributed by atoms with Crippen molar-refractivity contribution in [3.63, 3.8) is 0 Å². The van der Waals surface area contributed by atoms with Crippen molar-refractivity contribution >= 4 is 10.1 Å². The van der Waals surface area contributed by atoms with E-state index in [1.54, 1.807) is 24.3 Å². The van der Waals surface area contributed by atoms with Gasteiger partial charge in [0.25, 0.3) is 10.1 Å². The van der Waals surface area contributed by atoms with Crippen LogP contribution in [-0.4, -0.2) is 25.7 Å². The lowest BCUT2D eigenvalue weighted by atomic mass is 9.88. The summed E-state index contributed by atoms with van der Waals surface area (Å²) in [6.45, 7) is 3.76. The summed E-state index contributed by atoms with van der Waals surface area (Å²) in [6.07, 6.45) is 3.43. The number of rotatable bonds is 5. The smallest absolute Gasteiger partial charge is 0.296 e. The second kappa shape index (κ2) is 5.84. The van der Waals surface area contributed by atoms with E-state index in [1.165, 1.54) is 0 Å². The predicted octanol–water partition coefficient (Wildman–Crippen LogP) is 2.64. The zero-order valence-electron chi connectivity index (χ0n) is 12.0. The van der Waals surface area contributed by atoms with E-state index < -0.39 is 15.7 Å². The van der Waals surface area contributed by atoms with Crippen LogP contribution in [0.1, 0.15) is 38.2 Å². The molecule has 20 heavy (non-hydrogen) atoms. The molecule has 0 spiro atoms. The largest absolute Gasteiger partial charge is 0.390 e. The third-order valence-corrected chi connectivity index (χ3v) is 5.47. The van der Waals surface area contributed by atoms with Crippen LogP contribution in [0.2, 0.25) is 0 Å². The van der Waals surface area contributed by atoms with Gasteiger partial charge in [0.2, 0.25) is 0 Å². The van der Waals surface area contributed by atoms with Gasteiger partial charge in [-0.05, 0) is 31.9 Å². The van der Waals surface area contributed by atoms with Gasteiger partial charge in [0.1, 0.15) is 0 Å². The fourth-order valence-electron chi connectivity index (χ4n) is 2.60. The first kappa shape index (κ1) is 15.5. The van der Waals surface area contributed by atoms with Gasteiger partial charge in [0.05, 0.1) is 17.1 Å². The molecule has 1 aromatic carbocycles. The van der Waals surface area contributed by atoms with Gasteiger partial charge in [-0.1, -0.05) is 37.5 Å². The molecule has 0 aliphatic heterocycles. The number of aliphatic hydroxyl groups is 1. The summed E-state index contributed by atoms with van der Waals surface area (Å²) in [5.41, 5.74) is 0.223. The summed E-state index contributed by atoms with van der Waals surface area (Å²) >= 11 is 0. The van der Waals surface area contributed by atoms with Crippen LogP contribution < -0.4 is 0 Å². The van der Waals surface area contributed by atoms with E-state index in [2.05, 4.69) is 0 Å². The predicted molar refractivity (Wildman–Crippen MR) is 76.9 cm³/mol. The third-order valence-electron chi connectivity index (χ3n) is 4.17. The molecule has 112 valence electrons. The van der Waals surface area contributed by atoms with Crippen LogP contribution in [0.5, 0.6) is 0 Å². The van der Waals surface area contributed by atoms with Crippen molar-refractivity contribution in [3.05, 3.63) is 29.8 Å². The number of hydrogen-bond donors (Lipinski definition) is 1. The lowest BCUT2D eigenvalue weighted by Crippen LogP contribution is -2.36. The Balaban J connectivity index is 2.00. The van der Waals surface area contributed by atoms with Crippen molar-refractivity contribution in [1.82, 2.24) is 0 Å². The molecule has 1 aliphatic rings. The van der Waals surface area contributed by atoms with Gasteiger partial charge in [-0.15, -0.1) is 0 Å². The van der Waals surface area contributed by atoms with E-state index in [1.807, 2.05) is 13.8 Å².